The highest BCUT2D eigenvalue weighted by molar-refractivity contribution is 5.94. The van der Waals surface area contributed by atoms with Gasteiger partial charge in [0.1, 0.15) is 0 Å². The SMILES string of the molecule is COC(=O)C(C[C@H]1C=CCC1)C(=O)OC. The maximum Gasteiger partial charge on any atom is 0.320 e. The number of hydrogen-bond donors (Lipinski definition) is 0. The number of hydrogen-bond acceptors (Lipinski definition) is 4. The third-order valence-electron chi connectivity index (χ3n) is 2.62. The van der Waals surface area contributed by atoms with Gasteiger partial charge >= 0.3 is 11.9 Å². The van der Waals surface area contributed by atoms with Gasteiger partial charge in [-0.05, 0) is 25.2 Å². The molecule has 0 fully saturated rings. The first-order valence-electron chi connectivity index (χ1n) is 5.01. The van der Waals surface area contributed by atoms with E-state index in [0.29, 0.717) is 6.42 Å². The smallest absolute Gasteiger partial charge is 0.320 e. The van der Waals surface area contributed by atoms with Crippen molar-refractivity contribution in [2.24, 2.45) is 11.8 Å². The zero-order valence-corrected chi connectivity index (χ0v) is 9.06. The van der Waals surface area contributed by atoms with Gasteiger partial charge in [0.2, 0.25) is 0 Å². The Labute approximate surface area is 89.2 Å². The van der Waals surface area contributed by atoms with Crippen LogP contribution in [0.5, 0.6) is 0 Å². The van der Waals surface area contributed by atoms with Gasteiger partial charge in [0, 0.05) is 0 Å². The van der Waals surface area contributed by atoms with Crippen LogP contribution in [0.1, 0.15) is 19.3 Å². The Bertz CT molecular complexity index is 254. The lowest BCUT2D eigenvalue weighted by Gasteiger charge is -2.15. The number of rotatable bonds is 4. The van der Waals surface area contributed by atoms with Gasteiger partial charge in [0.05, 0.1) is 14.2 Å². The molecule has 0 radical (unpaired) electrons. The number of esters is 2. The minimum Gasteiger partial charge on any atom is -0.468 e. The van der Waals surface area contributed by atoms with Gasteiger partial charge in [-0.25, -0.2) is 0 Å². The highest BCUT2D eigenvalue weighted by Gasteiger charge is 2.31. The molecule has 0 saturated carbocycles. The molecule has 0 bridgehead atoms. The molecule has 0 N–H and O–H groups in total. The first kappa shape index (κ1) is 11.8. The first-order valence-corrected chi connectivity index (χ1v) is 5.01. The highest BCUT2D eigenvalue weighted by Crippen LogP contribution is 2.25. The Morgan fingerprint density at radius 1 is 1.33 bits per heavy atom. The molecular formula is C11H16O4. The van der Waals surface area contributed by atoms with Crippen molar-refractivity contribution < 1.29 is 19.1 Å². The predicted molar refractivity (Wildman–Crippen MR) is 54.0 cm³/mol. The molecule has 0 spiro atoms. The maximum absolute atomic E-state index is 11.4. The summed E-state index contributed by atoms with van der Waals surface area (Å²) in [5.74, 6) is -1.52. The molecule has 0 heterocycles. The van der Waals surface area contributed by atoms with Crippen LogP contribution in [0.15, 0.2) is 12.2 Å². The largest absolute Gasteiger partial charge is 0.468 e. The van der Waals surface area contributed by atoms with E-state index in [2.05, 4.69) is 15.5 Å². The molecule has 0 aromatic carbocycles. The summed E-state index contributed by atoms with van der Waals surface area (Å²) >= 11 is 0. The maximum atomic E-state index is 11.4. The molecule has 1 atom stereocenters. The van der Waals surface area contributed by atoms with Gasteiger partial charge in [-0.15, -0.1) is 0 Å². The third-order valence-corrected chi connectivity index (χ3v) is 2.62. The summed E-state index contributed by atoms with van der Waals surface area (Å²) < 4.78 is 9.16. The molecule has 1 aliphatic rings. The fraction of sp³-hybridized carbons (Fsp3) is 0.636. The van der Waals surface area contributed by atoms with Gasteiger partial charge in [-0.2, -0.15) is 0 Å². The lowest BCUT2D eigenvalue weighted by atomic mass is 9.94. The second-order valence-corrected chi connectivity index (χ2v) is 3.60. The quantitative estimate of drug-likeness (QED) is 0.400. The van der Waals surface area contributed by atoms with E-state index in [9.17, 15) is 9.59 Å². The average molecular weight is 212 g/mol. The summed E-state index contributed by atoms with van der Waals surface area (Å²) in [6.07, 6.45) is 6.59. The monoisotopic (exact) mass is 212 g/mol. The second kappa shape index (κ2) is 5.53. The van der Waals surface area contributed by atoms with Crippen molar-refractivity contribution in [2.75, 3.05) is 14.2 Å². The van der Waals surface area contributed by atoms with Crippen LogP contribution < -0.4 is 0 Å². The van der Waals surface area contributed by atoms with Gasteiger partial charge in [-0.1, -0.05) is 12.2 Å². The Hall–Kier alpha value is -1.32. The van der Waals surface area contributed by atoms with Crippen LogP contribution >= 0.6 is 0 Å². The van der Waals surface area contributed by atoms with Crippen LogP contribution in [0, 0.1) is 11.8 Å². The summed E-state index contributed by atoms with van der Waals surface area (Å²) in [7, 11) is 2.56. The number of carbonyl (C=O) groups excluding carboxylic acids is 2. The molecule has 0 saturated heterocycles. The van der Waals surface area contributed by atoms with Crippen molar-refractivity contribution in [3.63, 3.8) is 0 Å². The molecule has 0 unspecified atom stereocenters. The number of allylic oxidation sites excluding steroid dienone is 2. The first-order chi connectivity index (χ1) is 7.19. The lowest BCUT2D eigenvalue weighted by molar-refractivity contribution is -0.159. The van der Waals surface area contributed by atoms with Crippen molar-refractivity contribution in [3.05, 3.63) is 12.2 Å². The summed E-state index contributed by atoms with van der Waals surface area (Å²) in [5, 5.41) is 0. The zero-order chi connectivity index (χ0) is 11.3. The number of ether oxygens (including phenoxy) is 2. The molecule has 4 heteroatoms. The molecule has 1 rings (SSSR count). The molecule has 0 aromatic heterocycles. The molecule has 0 amide bonds. The Morgan fingerprint density at radius 2 is 1.93 bits per heavy atom. The average Bonchev–Trinajstić information content (AvgIpc) is 2.76. The molecule has 0 aromatic rings. The lowest BCUT2D eigenvalue weighted by Crippen LogP contribution is -2.28. The van der Waals surface area contributed by atoms with Crippen molar-refractivity contribution in [1.29, 1.82) is 0 Å². The summed E-state index contributed by atoms with van der Waals surface area (Å²) in [4.78, 5) is 22.7. The fourth-order valence-corrected chi connectivity index (χ4v) is 1.77. The Balaban J connectivity index is 2.59. The van der Waals surface area contributed by atoms with Gasteiger partial charge in [0.25, 0.3) is 0 Å². The van der Waals surface area contributed by atoms with E-state index in [1.165, 1.54) is 14.2 Å². The van der Waals surface area contributed by atoms with E-state index in [-0.39, 0.29) is 5.92 Å². The third kappa shape index (κ3) is 3.08. The topological polar surface area (TPSA) is 52.6 Å². The van der Waals surface area contributed by atoms with E-state index in [0.717, 1.165) is 12.8 Å². The van der Waals surface area contributed by atoms with Crippen molar-refractivity contribution in [2.45, 2.75) is 19.3 Å². The molecule has 1 aliphatic carbocycles. The molecular weight excluding hydrogens is 196 g/mol. The van der Waals surface area contributed by atoms with Crippen LogP contribution in [-0.2, 0) is 19.1 Å². The van der Waals surface area contributed by atoms with E-state index < -0.39 is 17.9 Å². The van der Waals surface area contributed by atoms with E-state index in [1.54, 1.807) is 0 Å². The van der Waals surface area contributed by atoms with Crippen molar-refractivity contribution in [3.8, 4) is 0 Å². The van der Waals surface area contributed by atoms with Crippen LogP contribution in [0.2, 0.25) is 0 Å². The van der Waals surface area contributed by atoms with Crippen LogP contribution in [0.25, 0.3) is 0 Å². The normalized spacial score (nSPS) is 19.3. The van der Waals surface area contributed by atoms with Crippen LogP contribution in [0.3, 0.4) is 0 Å². The molecule has 84 valence electrons. The van der Waals surface area contributed by atoms with E-state index in [1.807, 2.05) is 6.08 Å². The Morgan fingerprint density at radius 3 is 2.33 bits per heavy atom. The molecule has 0 aliphatic heterocycles. The molecule has 4 nitrogen and oxygen atoms in total. The predicted octanol–water partition coefficient (Wildman–Crippen LogP) is 1.30. The van der Waals surface area contributed by atoms with Crippen molar-refractivity contribution in [1.82, 2.24) is 0 Å². The Kier molecular flexibility index (Phi) is 4.34. The zero-order valence-electron chi connectivity index (χ0n) is 9.06. The van der Waals surface area contributed by atoms with Crippen LogP contribution in [0.4, 0.5) is 0 Å². The number of carbonyl (C=O) groups is 2. The van der Waals surface area contributed by atoms with Gasteiger partial charge in [-0.3, -0.25) is 9.59 Å². The van der Waals surface area contributed by atoms with E-state index in [4.69, 9.17) is 0 Å². The minimum absolute atomic E-state index is 0.285. The summed E-state index contributed by atoms with van der Waals surface area (Å²) in [6.45, 7) is 0. The van der Waals surface area contributed by atoms with Gasteiger partial charge < -0.3 is 9.47 Å². The summed E-state index contributed by atoms with van der Waals surface area (Å²) in [6, 6.07) is 0. The standard InChI is InChI=1S/C11H16O4/c1-14-10(12)9(11(13)15-2)7-8-5-3-4-6-8/h3,5,8-9H,4,6-7H2,1-2H3/t8-/m0/s1. The minimum atomic E-state index is -0.784. The van der Waals surface area contributed by atoms with E-state index >= 15 is 0 Å². The fourth-order valence-electron chi connectivity index (χ4n) is 1.77. The number of methoxy groups -OCH3 is 2. The van der Waals surface area contributed by atoms with Gasteiger partial charge in [0.15, 0.2) is 5.92 Å². The molecule has 15 heavy (non-hydrogen) atoms. The second-order valence-electron chi connectivity index (χ2n) is 3.60. The van der Waals surface area contributed by atoms with Crippen LogP contribution in [-0.4, -0.2) is 26.2 Å². The van der Waals surface area contributed by atoms with Crippen molar-refractivity contribution >= 4 is 11.9 Å². The highest BCUT2D eigenvalue weighted by atomic mass is 16.5. The summed E-state index contributed by atoms with van der Waals surface area (Å²) in [5.41, 5.74) is 0.